The first-order chi connectivity index (χ1) is 15.9. The molecule has 0 aliphatic carbocycles. The number of benzene rings is 1. The SMILES string of the molecule is CN1CCN(c2nccc(CSc3ncccc3C(=O)Nc3ccc(F)c(F)c3F)n2)CC1.Cl. The first kappa shape index (κ1) is 25.7. The molecule has 0 spiro atoms. The number of pyridine rings is 1. The summed E-state index contributed by atoms with van der Waals surface area (Å²) in [7, 11) is 2.08. The average molecular weight is 511 g/mol. The highest BCUT2D eigenvalue weighted by Gasteiger charge is 2.19. The van der Waals surface area contributed by atoms with Crippen molar-refractivity contribution in [2.75, 3.05) is 43.4 Å². The molecule has 1 amide bonds. The van der Waals surface area contributed by atoms with Crippen LogP contribution in [0.2, 0.25) is 0 Å². The van der Waals surface area contributed by atoms with Crippen LogP contribution in [0.3, 0.4) is 0 Å². The van der Waals surface area contributed by atoms with Gasteiger partial charge < -0.3 is 15.1 Å². The summed E-state index contributed by atoms with van der Waals surface area (Å²) in [6, 6.07) is 6.61. The molecule has 1 aliphatic rings. The maximum Gasteiger partial charge on any atom is 0.258 e. The predicted octanol–water partition coefficient (Wildman–Crippen LogP) is 4.01. The van der Waals surface area contributed by atoms with Gasteiger partial charge in [-0.05, 0) is 37.4 Å². The van der Waals surface area contributed by atoms with Crippen molar-refractivity contribution in [3.05, 3.63) is 71.4 Å². The summed E-state index contributed by atoms with van der Waals surface area (Å²) in [5.74, 6) is -4.03. The number of hydrogen-bond donors (Lipinski definition) is 1. The fourth-order valence-electron chi connectivity index (χ4n) is 3.26. The number of carbonyl (C=O) groups is 1. The van der Waals surface area contributed by atoms with Gasteiger partial charge in [-0.1, -0.05) is 11.8 Å². The number of aromatic nitrogens is 3. The lowest BCUT2D eigenvalue weighted by Gasteiger charge is -2.32. The van der Waals surface area contributed by atoms with Crippen LogP contribution in [0.4, 0.5) is 24.8 Å². The summed E-state index contributed by atoms with van der Waals surface area (Å²) in [6.07, 6.45) is 3.24. The smallest absolute Gasteiger partial charge is 0.258 e. The summed E-state index contributed by atoms with van der Waals surface area (Å²) >= 11 is 1.29. The van der Waals surface area contributed by atoms with E-state index in [-0.39, 0.29) is 18.0 Å². The van der Waals surface area contributed by atoms with E-state index in [1.165, 1.54) is 24.0 Å². The van der Waals surface area contributed by atoms with E-state index in [1.54, 1.807) is 18.3 Å². The van der Waals surface area contributed by atoms with Gasteiger partial charge in [0.2, 0.25) is 5.95 Å². The Morgan fingerprint density at radius 2 is 1.79 bits per heavy atom. The van der Waals surface area contributed by atoms with Crippen LogP contribution in [-0.4, -0.2) is 59.0 Å². The largest absolute Gasteiger partial charge is 0.338 e. The zero-order valence-corrected chi connectivity index (χ0v) is 19.8. The molecule has 0 saturated carbocycles. The molecule has 7 nitrogen and oxygen atoms in total. The molecule has 3 heterocycles. The third-order valence-electron chi connectivity index (χ3n) is 5.14. The second-order valence-electron chi connectivity index (χ2n) is 7.46. The molecule has 1 aromatic carbocycles. The van der Waals surface area contributed by atoms with Gasteiger partial charge in [-0.25, -0.2) is 28.1 Å². The van der Waals surface area contributed by atoms with Crippen LogP contribution < -0.4 is 10.2 Å². The van der Waals surface area contributed by atoms with Crippen LogP contribution in [0, 0.1) is 17.5 Å². The first-order valence-electron chi connectivity index (χ1n) is 10.2. The molecular formula is C22H22ClF3N6OS. The summed E-state index contributed by atoms with van der Waals surface area (Å²) in [5.41, 5.74) is 0.499. The molecule has 1 aliphatic heterocycles. The van der Waals surface area contributed by atoms with Gasteiger partial charge in [0.25, 0.3) is 5.91 Å². The number of carbonyl (C=O) groups excluding carboxylic acids is 1. The number of nitrogens with zero attached hydrogens (tertiary/aromatic N) is 5. The molecule has 1 N–H and O–H groups in total. The number of thioether (sulfide) groups is 1. The number of piperazine rings is 1. The van der Waals surface area contributed by atoms with Crippen molar-refractivity contribution in [2.45, 2.75) is 10.8 Å². The highest BCUT2D eigenvalue weighted by Crippen LogP contribution is 2.26. The number of hydrogen-bond acceptors (Lipinski definition) is 7. The number of halogens is 4. The molecule has 0 radical (unpaired) electrons. The molecule has 1 saturated heterocycles. The van der Waals surface area contributed by atoms with Crippen molar-refractivity contribution in [3.63, 3.8) is 0 Å². The lowest BCUT2D eigenvalue weighted by atomic mass is 10.2. The zero-order chi connectivity index (χ0) is 23.4. The number of rotatable bonds is 6. The Labute approximate surface area is 205 Å². The molecule has 1 fully saturated rings. The quantitative estimate of drug-likeness (QED) is 0.397. The van der Waals surface area contributed by atoms with Gasteiger partial charge in [-0.3, -0.25) is 4.79 Å². The van der Waals surface area contributed by atoms with E-state index >= 15 is 0 Å². The van der Waals surface area contributed by atoms with Crippen molar-refractivity contribution in [2.24, 2.45) is 0 Å². The second kappa shape index (κ2) is 11.5. The van der Waals surface area contributed by atoms with Gasteiger partial charge in [0, 0.05) is 44.3 Å². The fraction of sp³-hybridized carbons (Fsp3) is 0.273. The van der Waals surface area contributed by atoms with E-state index in [1.807, 2.05) is 0 Å². The van der Waals surface area contributed by atoms with Gasteiger partial charge in [0.15, 0.2) is 17.5 Å². The van der Waals surface area contributed by atoms with Crippen LogP contribution in [-0.2, 0) is 5.75 Å². The molecule has 4 rings (SSSR count). The Hall–Kier alpha value is -2.89. The topological polar surface area (TPSA) is 74.2 Å². The molecule has 12 heteroatoms. The van der Waals surface area contributed by atoms with Crippen LogP contribution in [0.25, 0.3) is 0 Å². The summed E-state index contributed by atoms with van der Waals surface area (Å²) in [6.45, 7) is 3.57. The Morgan fingerprint density at radius 3 is 2.56 bits per heavy atom. The second-order valence-corrected chi connectivity index (χ2v) is 8.42. The Bertz CT molecular complexity index is 1160. The number of nitrogens with one attached hydrogen (secondary N) is 1. The van der Waals surface area contributed by atoms with Crippen molar-refractivity contribution in [1.29, 1.82) is 0 Å². The van der Waals surface area contributed by atoms with E-state index in [4.69, 9.17) is 0 Å². The normalized spacial score (nSPS) is 13.9. The number of anilines is 2. The lowest BCUT2D eigenvalue weighted by Crippen LogP contribution is -2.45. The van der Waals surface area contributed by atoms with Crippen LogP contribution in [0.1, 0.15) is 16.1 Å². The highest BCUT2D eigenvalue weighted by molar-refractivity contribution is 7.98. The van der Waals surface area contributed by atoms with E-state index in [0.717, 1.165) is 44.0 Å². The Kier molecular flexibility index (Phi) is 8.70. The van der Waals surface area contributed by atoms with E-state index in [0.29, 0.717) is 16.7 Å². The molecule has 0 bridgehead atoms. The summed E-state index contributed by atoms with van der Waals surface area (Å²) in [5, 5.41) is 2.68. The van der Waals surface area contributed by atoms with Crippen molar-refractivity contribution in [3.8, 4) is 0 Å². The third kappa shape index (κ3) is 5.96. The molecule has 0 unspecified atom stereocenters. The average Bonchev–Trinajstić information content (AvgIpc) is 2.84. The maximum absolute atomic E-state index is 13.9. The van der Waals surface area contributed by atoms with E-state index in [2.05, 4.69) is 37.1 Å². The molecule has 3 aromatic rings. The Morgan fingerprint density at radius 1 is 1.03 bits per heavy atom. The first-order valence-corrected chi connectivity index (χ1v) is 11.2. The van der Waals surface area contributed by atoms with Crippen LogP contribution in [0.5, 0.6) is 0 Å². The molecular weight excluding hydrogens is 489 g/mol. The minimum atomic E-state index is -1.64. The minimum absolute atomic E-state index is 0. The molecule has 0 atom stereocenters. The lowest BCUT2D eigenvalue weighted by molar-refractivity contribution is 0.102. The predicted molar refractivity (Wildman–Crippen MR) is 127 cm³/mol. The molecule has 180 valence electrons. The van der Waals surface area contributed by atoms with Crippen molar-refractivity contribution < 1.29 is 18.0 Å². The van der Waals surface area contributed by atoms with Gasteiger partial charge in [0.05, 0.1) is 16.9 Å². The van der Waals surface area contributed by atoms with Gasteiger partial charge in [-0.2, -0.15) is 0 Å². The van der Waals surface area contributed by atoms with E-state index in [9.17, 15) is 18.0 Å². The third-order valence-corrected chi connectivity index (χ3v) is 6.18. The van der Waals surface area contributed by atoms with Crippen molar-refractivity contribution in [1.82, 2.24) is 19.9 Å². The summed E-state index contributed by atoms with van der Waals surface area (Å²) in [4.78, 5) is 30.3. The zero-order valence-electron chi connectivity index (χ0n) is 18.2. The van der Waals surface area contributed by atoms with Crippen molar-refractivity contribution >= 4 is 41.7 Å². The highest BCUT2D eigenvalue weighted by atomic mass is 35.5. The van der Waals surface area contributed by atoms with Gasteiger partial charge >= 0.3 is 0 Å². The van der Waals surface area contributed by atoms with Gasteiger partial charge in [-0.15, -0.1) is 12.4 Å². The van der Waals surface area contributed by atoms with Crippen LogP contribution in [0.15, 0.2) is 47.8 Å². The van der Waals surface area contributed by atoms with Crippen LogP contribution >= 0.6 is 24.2 Å². The number of likely N-dealkylation sites (N-methyl/N-ethyl adjacent to an activating group) is 1. The molecule has 2 aromatic heterocycles. The van der Waals surface area contributed by atoms with Gasteiger partial charge in [0.1, 0.15) is 5.03 Å². The molecule has 34 heavy (non-hydrogen) atoms. The number of amides is 1. The maximum atomic E-state index is 13.9. The van der Waals surface area contributed by atoms with E-state index < -0.39 is 29.0 Å². The Balaban J connectivity index is 0.00000324. The summed E-state index contributed by atoms with van der Waals surface area (Å²) < 4.78 is 40.6. The fourth-order valence-corrected chi connectivity index (χ4v) is 4.15. The standard InChI is InChI=1S/C22H21F3N6OS.ClH/c1-30-9-11-31(12-10-30)22-27-8-6-14(28-22)13-33-21-15(3-2-7-26-21)20(32)29-17-5-4-16(23)18(24)19(17)25;/h2-8H,9-13H2,1H3,(H,29,32);1H. The minimum Gasteiger partial charge on any atom is -0.338 e. The monoisotopic (exact) mass is 510 g/mol.